The van der Waals surface area contributed by atoms with Gasteiger partial charge in [0.25, 0.3) is 11.6 Å². The van der Waals surface area contributed by atoms with E-state index in [4.69, 9.17) is 16.3 Å². The molecular weight excluding hydrogens is 444 g/mol. The van der Waals surface area contributed by atoms with Crippen LogP contribution < -0.4 is 10.2 Å². The molecule has 0 spiro atoms. The first-order valence-electron chi connectivity index (χ1n) is 9.94. The highest BCUT2D eigenvalue weighted by Gasteiger charge is 2.17. The van der Waals surface area contributed by atoms with Gasteiger partial charge in [0.15, 0.2) is 0 Å². The third-order valence-corrected chi connectivity index (χ3v) is 5.35. The number of methoxy groups -OCH3 is 1. The number of hydrogen-bond donors (Lipinski definition) is 1. The largest absolute Gasteiger partial charge is 0.496 e. The number of carbonyl (C=O) groups is 1. The fourth-order valence-electron chi connectivity index (χ4n) is 3.50. The average Bonchev–Trinajstić information content (AvgIpc) is 3.17. The maximum Gasteiger partial charge on any atom is 0.275 e. The van der Waals surface area contributed by atoms with E-state index >= 15 is 0 Å². The lowest BCUT2D eigenvalue weighted by Crippen LogP contribution is -2.18. The maximum atomic E-state index is 12.6. The van der Waals surface area contributed by atoms with Crippen molar-refractivity contribution in [2.45, 2.75) is 6.54 Å². The molecule has 0 saturated carbocycles. The van der Waals surface area contributed by atoms with E-state index in [0.29, 0.717) is 11.6 Å². The standard InChI is InChI=1S/C24H19ClN4O4/c1-33-23-11-10-19(29(31)32)12-21(23)24(30)27-26-13-17-15-28(22-5-3-2-4-20(17)22)14-16-6-8-18(25)9-7-16/h2-13,15H,14H2,1H3,(H,27,30)/b26-13-. The molecule has 0 aliphatic rings. The number of nitrogens with one attached hydrogen (secondary N) is 1. The van der Waals surface area contributed by atoms with Gasteiger partial charge < -0.3 is 9.30 Å². The lowest BCUT2D eigenvalue weighted by Gasteiger charge is -2.06. The normalized spacial score (nSPS) is 11.1. The van der Waals surface area contributed by atoms with Gasteiger partial charge in [-0.2, -0.15) is 5.10 Å². The second-order valence-corrected chi connectivity index (χ2v) is 7.63. The van der Waals surface area contributed by atoms with Crippen molar-refractivity contribution in [3.8, 4) is 5.75 Å². The molecule has 0 bridgehead atoms. The van der Waals surface area contributed by atoms with Gasteiger partial charge in [0.1, 0.15) is 5.75 Å². The zero-order valence-electron chi connectivity index (χ0n) is 17.6. The van der Waals surface area contributed by atoms with E-state index in [9.17, 15) is 14.9 Å². The van der Waals surface area contributed by atoms with Gasteiger partial charge in [-0.05, 0) is 29.8 Å². The zero-order chi connectivity index (χ0) is 23.4. The third kappa shape index (κ3) is 4.86. The van der Waals surface area contributed by atoms with Gasteiger partial charge in [-0.1, -0.05) is 41.9 Å². The van der Waals surface area contributed by atoms with Crippen LogP contribution in [0.5, 0.6) is 5.75 Å². The number of nitro groups is 1. The monoisotopic (exact) mass is 462 g/mol. The molecule has 0 aliphatic heterocycles. The van der Waals surface area contributed by atoms with Crippen LogP contribution in [0.4, 0.5) is 5.69 Å². The summed E-state index contributed by atoms with van der Waals surface area (Å²) in [7, 11) is 1.39. The molecular formula is C24H19ClN4O4. The molecule has 0 saturated heterocycles. The molecule has 1 N–H and O–H groups in total. The number of nitro benzene ring substituents is 1. The second-order valence-electron chi connectivity index (χ2n) is 7.20. The molecule has 166 valence electrons. The van der Waals surface area contributed by atoms with E-state index in [-0.39, 0.29) is 17.0 Å². The molecule has 0 fully saturated rings. The SMILES string of the molecule is COc1ccc([N+](=O)[O-])cc1C(=O)N/N=C\c1cn(Cc2ccc(Cl)cc2)c2ccccc12. The van der Waals surface area contributed by atoms with E-state index in [1.165, 1.54) is 19.2 Å². The van der Waals surface area contributed by atoms with Crippen LogP contribution in [0.1, 0.15) is 21.5 Å². The molecule has 9 heteroatoms. The van der Waals surface area contributed by atoms with Crippen molar-refractivity contribution in [1.82, 2.24) is 9.99 Å². The molecule has 3 aromatic carbocycles. The van der Waals surface area contributed by atoms with Gasteiger partial charge in [0.2, 0.25) is 0 Å². The first-order chi connectivity index (χ1) is 16.0. The number of fused-ring (bicyclic) bond motifs is 1. The predicted octanol–water partition coefficient (Wildman–Crippen LogP) is 5.02. The molecule has 4 rings (SSSR count). The molecule has 0 unspecified atom stereocenters. The van der Waals surface area contributed by atoms with Gasteiger partial charge in [-0.25, -0.2) is 5.43 Å². The van der Waals surface area contributed by atoms with Gasteiger partial charge >= 0.3 is 0 Å². The average molecular weight is 463 g/mol. The molecule has 4 aromatic rings. The van der Waals surface area contributed by atoms with Crippen molar-refractivity contribution in [1.29, 1.82) is 0 Å². The summed E-state index contributed by atoms with van der Waals surface area (Å²) in [6, 6.07) is 19.3. The first kappa shape index (κ1) is 22.0. The van der Waals surface area contributed by atoms with Gasteiger partial charge in [-0.15, -0.1) is 0 Å². The van der Waals surface area contributed by atoms with Gasteiger partial charge in [0.05, 0.1) is 23.8 Å². The summed E-state index contributed by atoms with van der Waals surface area (Å²) in [5, 5.41) is 16.8. The Bertz CT molecular complexity index is 1360. The smallest absolute Gasteiger partial charge is 0.275 e. The van der Waals surface area contributed by atoms with Crippen LogP contribution >= 0.6 is 11.6 Å². The Morgan fingerprint density at radius 1 is 1.18 bits per heavy atom. The van der Waals surface area contributed by atoms with Crippen molar-refractivity contribution in [3.63, 3.8) is 0 Å². The Morgan fingerprint density at radius 2 is 1.94 bits per heavy atom. The molecule has 0 radical (unpaired) electrons. The van der Waals surface area contributed by atoms with Gasteiger partial charge in [-0.3, -0.25) is 14.9 Å². The molecule has 0 aliphatic carbocycles. The number of amides is 1. The fourth-order valence-corrected chi connectivity index (χ4v) is 3.63. The minimum atomic E-state index is -0.614. The molecule has 1 heterocycles. The minimum Gasteiger partial charge on any atom is -0.496 e. The van der Waals surface area contributed by atoms with Crippen molar-refractivity contribution in [2.24, 2.45) is 5.10 Å². The molecule has 1 aromatic heterocycles. The Kier molecular flexibility index (Phi) is 6.37. The fraction of sp³-hybridized carbons (Fsp3) is 0.0833. The summed E-state index contributed by atoms with van der Waals surface area (Å²) < 4.78 is 7.23. The third-order valence-electron chi connectivity index (χ3n) is 5.09. The number of rotatable bonds is 7. The number of para-hydroxylation sites is 1. The van der Waals surface area contributed by atoms with Crippen molar-refractivity contribution >= 4 is 40.3 Å². The van der Waals surface area contributed by atoms with Crippen LogP contribution in [0.15, 0.2) is 78.0 Å². The summed E-state index contributed by atoms with van der Waals surface area (Å²) in [5.74, 6) is -0.399. The van der Waals surface area contributed by atoms with E-state index < -0.39 is 10.8 Å². The Balaban J connectivity index is 1.57. The van der Waals surface area contributed by atoms with E-state index in [2.05, 4.69) is 15.1 Å². The lowest BCUT2D eigenvalue weighted by atomic mass is 10.1. The molecule has 8 nitrogen and oxygen atoms in total. The summed E-state index contributed by atoms with van der Waals surface area (Å²) in [5.41, 5.74) is 5.15. The summed E-state index contributed by atoms with van der Waals surface area (Å²) in [6.07, 6.45) is 3.49. The van der Waals surface area contributed by atoms with Gasteiger partial charge in [0, 0.05) is 46.4 Å². The second kappa shape index (κ2) is 9.54. The van der Waals surface area contributed by atoms with Crippen LogP contribution in [0.2, 0.25) is 5.02 Å². The van der Waals surface area contributed by atoms with E-state index in [1.54, 1.807) is 6.21 Å². The molecule has 33 heavy (non-hydrogen) atoms. The Morgan fingerprint density at radius 3 is 2.67 bits per heavy atom. The van der Waals surface area contributed by atoms with Crippen LogP contribution in [0, 0.1) is 10.1 Å². The van der Waals surface area contributed by atoms with Crippen LogP contribution in [-0.4, -0.2) is 28.7 Å². The lowest BCUT2D eigenvalue weighted by molar-refractivity contribution is -0.384. The number of hydrogen-bond acceptors (Lipinski definition) is 5. The van der Waals surface area contributed by atoms with Crippen LogP contribution in [0.3, 0.4) is 0 Å². The van der Waals surface area contributed by atoms with Crippen LogP contribution in [0.25, 0.3) is 10.9 Å². The van der Waals surface area contributed by atoms with Crippen molar-refractivity contribution in [2.75, 3.05) is 7.11 Å². The Labute approximate surface area is 194 Å². The highest BCUT2D eigenvalue weighted by atomic mass is 35.5. The van der Waals surface area contributed by atoms with Crippen molar-refractivity contribution in [3.05, 3.63) is 105 Å². The quantitative estimate of drug-likeness (QED) is 0.237. The molecule has 0 atom stereocenters. The van der Waals surface area contributed by atoms with Crippen molar-refractivity contribution < 1.29 is 14.5 Å². The highest BCUT2D eigenvalue weighted by Crippen LogP contribution is 2.24. The summed E-state index contributed by atoms with van der Waals surface area (Å²) >= 11 is 5.98. The molecule has 1 amide bonds. The highest BCUT2D eigenvalue weighted by molar-refractivity contribution is 6.30. The number of benzene rings is 3. The maximum absolute atomic E-state index is 12.6. The number of aromatic nitrogens is 1. The minimum absolute atomic E-state index is 0.0222. The topological polar surface area (TPSA) is 98.8 Å². The first-order valence-corrected chi connectivity index (χ1v) is 10.3. The number of halogens is 1. The summed E-state index contributed by atoms with van der Waals surface area (Å²) in [6.45, 7) is 0.642. The zero-order valence-corrected chi connectivity index (χ0v) is 18.3. The van der Waals surface area contributed by atoms with Crippen LogP contribution in [-0.2, 0) is 6.54 Å². The number of ether oxygens (including phenoxy) is 1. The van der Waals surface area contributed by atoms with E-state index in [0.717, 1.165) is 28.1 Å². The Hall–Kier alpha value is -4.17. The summed E-state index contributed by atoms with van der Waals surface area (Å²) in [4.78, 5) is 23.1. The van der Waals surface area contributed by atoms with E-state index in [1.807, 2.05) is 54.7 Å². The number of non-ortho nitro benzene ring substituents is 1. The number of hydrazone groups is 1. The number of nitrogens with zero attached hydrogens (tertiary/aromatic N) is 3. The predicted molar refractivity (Wildman–Crippen MR) is 127 cm³/mol. The number of carbonyl (C=O) groups excluding carboxylic acids is 1.